The molecule has 2 aromatic carbocycles. The minimum atomic E-state index is 0.279. The number of aryl methyl sites for hydroxylation is 4. The Labute approximate surface area is 172 Å². The summed E-state index contributed by atoms with van der Waals surface area (Å²) in [7, 11) is 0. The molecule has 0 spiro atoms. The second kappa shape index (κ2) is 9.78. The molecule has 0 aliphatic carbocycles. The Morgan fingerprint density at radius 1 is 1.04 bits per heavy atom. The maximum absolute atomic E-state index is 4.32. The maximum atomic E-state index is 4.32. The molecular weight excluding hydrogens is 338 g/mol. The largest absolute Gasteiger partial charge is 0.379 e. The van der Waals surface area contributed by atoms with E-state index in [9.17, 15) is 0 Å². The highest BCUT2D eigenvalue weighted by atomic mass is 14.9. The summed E-state index contributed by atoms with van der Waals surface area (Å²) in [5, 5.41) is 3.57. The monoisotopic (exact) mass is 375 g/mol. The Morgan fingerprint density at radius 2 is 1.68 bits per heavy atom. The molecule has 2 aromatic rings. The molecule has 1 nitrogen and oxygen atoms in total. The predicted octanol–water partition coefficient (Wildman–Crippen LogP) is 7.26. The molecule has 0 bridgehead atoms. The lowest BCUT2D eigenvalue weighted by atomic mass is 9.90. The number of hydrogen-bond acceptors (Lipinski definition) is 1. The lowest BCUT2D eigenvalue weighted by Gasteiger charge is -2.23. The molecule has 0 radical (unpaired) electrons. The molecule has 0 amide bonds. The highest BCUT2D eigenvalue weighted by Crippen LogP contribution is 2.26. The van der Waals surface area contributed by atoms with Crippen molar-refractivity contribution in [2.24, 2.45) is 0 Å². The molecule has 0 aromatic heterocycles. The maximum Gasteiger partial charge on any atom is 0.0465 e. The lowest BCUT2D eigenvalue weighted by molar-refractivity contribution is 0.656. The number of rotatable bonds is 9. The second-order valence-corrected chi connectivity index (χ2v) is 8.39. The SMILES string of the molecule is C=C(NC(CC)C(=C)C)c1c(C)cc(CCC(C)c2cccc(C)c2)cc1C. The normalized spacial score (nSPS) is 13.1. The second-order valence-electron chi connectivity index (χ2n) is 8.39. The van der Waals surface area contributed by atoms with E-state index < -0.39 is 0 Å². The summed E-state index contributed by atoms with van der Waals surface area (Å²) in [6, 6.07) is 13.8. The van der Waals surface area contributed by atoms with Crippen LogP contribution in [-0.4, -0.2) is 6.04 Å². The van der Waals surface area contributed by atoms with Crippen LogP contribution in [0.4, 0.5) is 0 Å². The first-order chi connectivity index (χ1) is 13.2. The molecule has 2 unspecified atom stereocenters. The standard InChI is InChI=1S/C27H37N/c1-9-26(18(2)3)28-23(8)27-21(6)16-24(17-22(27)7)14-13-20(5)25-12-10-11-19(4)15-25/h10-12,15-17,20,26,28H,2,8-9,13-14H2,1,3-7H3. The van der Waals surface area contributed by atoms with Gasteiger partial charge < -0.3 is 5.32 Å². The first-order valence-electron chi connectivity index (χ1n) is 10.5. The van der Waals surface area contributed by atoms with Crippen molar-refractivity contribution in [3.63, 3.8) is 0 Å². The summed E-state index contributed by atoms with van der Waals surface area (Å²) in [4.78, 5) is 0. The summed E-state index contributed by atoms with van der Waals surface area (Å²) in [5.41, 5.74) is 10.2. The van der Waals surface area contributed by atoms with Gasteiger partial charge in [-0.3, -0.25) is 0 Å². The van der Waals surface area contributed by atoms with Crippen molar-refractivity contribution in [1.29, 1.82) is 0 Å². The van der Waals surface area contributed by atoms with E-state index in [0.717, 1.165) is 30.5 Å². The Hall–Kier alpha value is -2.28. The quantitative estimate of drug-likeness (QED) is 0.455. The van der Waals surface area contributed by atoms with E-state index in [0.29, 0.717) is 5.92 Å². The van der Waals surface area contributed by atoms with Gasteiger partial charge in [0.2, 0.25) is 0 Å². The molecule has 150 valence electrons. The van der Waals surface area contributed by atoms with E-state index >= 15 is 0 Å². The van der Waals surface area contributed by atoms with Crippen LogP contribution in [0.1, 0.15) is 72.9 Å². The van der Waals surface area contributed by atoms with E-state index in [2.05, 4.69) is 96.4 Å². The molecule has 1 heteroatoms. The Morgan fingerprint density at radius 3 is 2.21 bits per heavy atom. The first kappa shape index (κ1) is 22.0. The molecule has 0 heterocycles. The summed E-state index contributed by atoms with van der Waals surface area (Å²) in [6.45, 7) is 21.6. The number of hydrogen-bond donors (Lipinski definition) is 1. The van der Waals surface area contributed by atoms with Gasteiger partial charge in [0.25, 0.3) is 0 Å². The van der Waals surface area contributed by atoms with Crippen LogP contribution in [0.25, 0.3) is 5.70 Å². The Balaban J connectivity index is 2.10. The van der Waals surface area contributed by atoms with Crippen molar-refractivity contribution < 1.29 is 0 Å². The molecule has 2 rings (SSSR count). The van der Waals surface area contributed by atoms with E-state index in [-0.39, 0.29) is 6.04 Å². The van der Waals surface area contributed by atoms with Crippen LogP contribution < -0.4 is 5.32 Å². The van der Waals surface area contributed by atoms with Gasteiger partial charge in [-0.05, 0) is 75.1 Å². The van der Waals surface area contributed by atoms with Crippen LogP contribution in [0.15, 0.2) is 55.1 Å². The molecule has 0 saturated carbocycles. The summed E-state index contributed by atoms with van der Waals surface area (Å²) in [6.07, 6.45) is 3.27. The van der Waals surface area contributed by atoms with Gasteiger partial charge in [-0.2, -0.15) is 0 Å². The van der Waals surface area contributed by atoms with Crippen molar-refractivity contribution in [1.82, 2.24) is 5.32 Å². The zero-order valence-electron chi connectivity index (χ0n) is 18.7. The first-order valence-corrected chi connectivity index (χ1v) is 10.5. The topological polar surface area (TPSA) is 12.0 Å². The highest BCUT2D eigenvalue weighted by Gasteiger charge is 2.14. The van der Waals surface area contributed by atoms with Crippen LogP contribution >= 0.6 is 0 Å². The minimum Gasteiger partial charge on any atom is -0.379 e. The predicted molar refractivity (Wildman–Crippen MR) is 125 cm³/mol. The van der Waals surface area contributed by atoms with Gasteiger partial charge in [0.05, 0.1) is 0 Å². The number of nitrogens with one attached hydrogen (secondary N) is 1. The zero-order chi connectivity index (χ0) is 20.8. The van der Waals surface area contributed by atoms with Crippen molar-refractivity contribution in [3.05, 3.63) is 88.5 Å². The fourth-order valence-corrected chi connectivity index (χ4v) is 4.06. The van der Waals surface area contributed by atoms with Crippen LogP contribution in [0.5, 0.6) is 0 Å². The highest BCUT2D eigenvalue weighted by molar-refractivity contribution is 5.68. The molecular formula is C27H37N. The van der Waals surface area contributed by atoms with Gasteiger partial charge in [-0.15, -0.1) is 0 Å². The lowest BCUT2D eigenvalue weighted by Crippen LogP contribution is -2.28. The summed E-state index contributed by atoms with van der Waals surface area (Å²) >= 11 is 0. The van der Waals surface area contributed by atoms with E-state index in [1.54, 1.807) is 0 Å². The van der Waals surface area contributed by atoms with E-state index in [1.165, 1.54) is 33.4 Å². The average Bonchev–Trinajstić information content (AvgIpc) is 2.63. The van der Waals surface area contributed by atoms with Crippen molar-refractivity contribution in [2.45, 2.75) is 72.8 Å². The third-order valence-electron chi connectivity index (χ3n) is 5.72. The minimum absolute atomic E-state index is 0.279. The summed E-state index contributed by atoms with van der Waals surface area (Å²) < 4.78 is 0. The smallest absolute Gasteiger partial charge is 0.0465 e. The zero-order valence-corrected chi connectivity index (χ0v) is 18.7. The van der Waals surface area contributed by atoms with E-state index in [1.807, 2.05) is 0 Å². The third kappa shape index (κ3) is 5.61. The molecule has 28 heavy (non-hydrogen) atoms. The fraction of sp³-hybridized carbons (Fsp3) is 0.407. The van der Waals surface area contributed by atoms with Crippen molar-refractivity contribution >= 4 is 5.70 Å². The van der Waals surface area contributed by atoms with Crippen LogP contribution in [0, 0.1) is 20.8 Å². The molecule has 0 fully saturated rings. The molecule has 0 aliphatic heterocycles. The molecule has 2 atom stereocenters. The summed E-state index contributed by atoms with van der Waals surface area (Å²) in [5.74, 6) is 0.567. The van der Waals surface area contributed by atoms with Gasteiger partial charge >= 0.3 is 0 Å². The van der Waals surface area contributed by atoms with Crippen LogP contribution in [-0.2, 0) is 6.42 Å². The van der Waals surface area contributed by atoms with E-state index in [4.69, 9.17) is 0 Å². The molecule has 0 aliphatic rings. The van der Waals surface area contributed by atoms with Gasteiger partial charge in [0, 0.05) is 17.3 Å². The molecule has 1 N–H and O–H groups in total. The third-order valence-corrected chi connectivity index (χ3v) is 5.72. The number of benzene rings is 2. The fourth-order valence-electron chi connectivity index (χ4n) is 4.06. The van der Waals surface area contributed by atoms with Crippen LogP contribution in [0.2, 0.25) is 0 Å². The average molecular weight is 376 g/mol. The molecule has 0 saturated heterocycles. The van der Waals surface area contributed by atoms with Gasteiger partial charge in [-0.1, -0.05) is 74.5 Å². The van der Waals surface area contributed by atoms with Gasteiger partial charge in [0.15, 0.2) is 0 Å². The van der Waals surface area contributed by atoms with Crippen molar-refractivity contribution in [3.8, 4) is 0 Å². The van der Waals surface area contributed by atoms with Gasteiger partial charge in [-0.25, -0.2) is 0 Å². The van der Waals surface area contributed by atoms with Crippen molar-refractivity contribution in [2.75, 3.05) is 0 Å². The Kier molecular flexibility index (Phi) is 7.69. The van der Waals surface area contributed by atoms with Gasteiger partial charge in [0.1, 0.15) is 0 Å². The van der Waals surface area contributed by atoms with Crippen LogP contribution in [0.3, 0.4) is 0 Å². The Bertz CT molecular complexity index is 820.